The van der Waals surface area contributed by atoms with Gasteiger partial charge in [-0.15, -0.1) is 0 Å². The van der Waals surface area contributed by atoms with E-state index in [1.807, 2.05) is 18.2 Å². The van der Waals surface area contributed by atoms with Gasteiger partial charge < -0.3 is 26.0 Å². The first-order chi connectivity index (χ1) is 14.2. The van der Waals surface area contributed by atoms with Crippen molar-refractivity contribution in [2.24, 2.45) is 5.73 Å². The molecule has 1 aromatic carbocycles. The number of amides is 2. The van der Waals surface area contributed by atoms with Crippen LogP contribution in [0.25, 0.3) is 6.08 Å². The molecule has 8 nitrogen and oxygen atoms in total. The van der Waals surface area contributed by atoms with Gasteiger partial charge >= 0.3 is 6.03 Å². The van der Waals surface area contributed by atoms with Gasteiger partial charge in [0, 0.05) is 37.4 Å². The summed E-state index contributed by atoms with van der Waals surface area (Å²) in [6, 6.07) is 12.1. The number of carbonyl (C=O) groups excluding carboxylic acids is 2. The maximum absolute atomic E-state index is 12.4. The summed E-state index contributed by atoms with van der Waals surface area (Å²) in [4.78, 5) is 30.8. The molecule has 3 rings (SSSR count). The number of benzene rings is 1. The number of pyridine rings is 1. The summed E-state index contributed by atoms with van der Waals surface area (Å²) in [6.07, 6.45) is 3.21. The number of anilines is 2. The molecule has 0 unspecified atom stereocenters. The predicted octanol–water partition coefficient (Wildman–Crippen LogP) is 1.89. The lowest BCUT2D eigenvalue weighted by atomic mass is 10.1. The SMILES string of the molecule is NCCNC(=O)Nc1ccc(C(=O)C=Cc2cccc(N3CCOCC3)n2)cc1. The second kappa shape index (κ2) is 10.4. The Morgan fingerprint density at radius 3 is 2.62 bits per heavy atom. The molecule has 1 saturated heterocycles. The van der Waals surface area contributed by atoms with Crippen molar-refractivity contribution in [3.63, 3.8) is 0 Å². The highest BCUT2D eigenvalue weighted by Crippen LogP contribution is 2.15. The third-order valence-corrected chi connectivity index (χ3v) is 4.35. The number of ether oxygens (including phenoxy) is 1. The van der Waals surface area contributed by atoms with E-state index in [9.17, 15) is 9.59 Å². The van der Waals surface area contributed by atoms with Crippen molar-refractivity contribution in [3.05, 3.63) is 59.8 Å². The van der Waals surface area contributed by atoms with Crippen molar-refractivity contribution < 1.29 is 14.3 Å². The normalized spacial score (nSPS) is 14.0. The van der Waals surface area contributed by atoms with Crippen LogP contribution in [0, 0.1) is 0 Å². The highest BCUT2D eigenvalue weighted by Gasteiger charge is 2.12. The predicted molar refractivity (Wildman–Crippen MR) is 113 cm³/mol. The summed E-state index contributed by atoms with van der Waals surface area (Å²) in [7, 11) is 0. The van der Waals surface area contributed by atoms with E-state index < -0.39 is 0 Å². The number of morpholine rings is 1. The Labute approximate surface area is 169 Å². The molecule has 0 bridgehead atoms. The van der Waals surface area contributed by atoms with E-state index in [-0.39, 0.29) is 11.8 Å². The molecule has 0 spiro atoms. The number of ketones is 1. The Kier molecular flexibility index (Phi) is 7.32. The summed E-state index contributed by atoms with van der Waals surface area (Å²) in [5.41, 5.74) is 7.18. The van der Waals surface area contributed by atoms with Crippen molar-refractivity contribution in [1.82, 2.24) is 10.3 Å². The maximum atomic E-state index is 12.4. The van der Waals surface area contributed by atoms with Crippen LogP contribution < -0.4 is 21.3 Å². The monoisotopic (exact) mass is 395 g/mol. The molecule has 0 radical (unpaired) electrons. The number of aromatic nitrogens is 1. The summed E-state index contributed by atoms with van der Waals surface area (Å²) in [5, 5.41) is 5.29. The number of rotatable bonds is 7. The topological polar surface area (TPSA) is 110 Å². The van der Waals surface area contributed by atoms with Crippen molar-refractivity contribution >= 4 is 29.4 Å². The minimum Gasteiger partial charge on any atom is -0.378 e. The largest absolute Gasteiger partial charge is 0.378 e. The molecule has 4 N–H and O–H groups in total. The Bertz CT molecular complexity index is 861. The molecule has 2 heterocycles. The zero-order chi connectivity index (χ0) is 20.5. The van der Waals surface area contributed by atoms with Crippen LogP contribution in [0.2, 0.25) is 0 Å². The standard InChI is InChI=1S/C21H25N5O3/c22-10-11-23-21(28)25-18-6-4-16(5-7-18)19(27)9-8-17-2-1-3-20(24-17)26-12-14-29-15-13-26/h1-9H,10-15,22H2,(H2,23,25,28). The lowest BCUT2D eigenvalue weighted by Crippen LogP contribution is -2.36. The Morgan fingerprint density at radius 2 is 1.90 bits per heavy atom. The van der Waals surface area contributed by atoms with E-state index in [1.165, 1.54) is 6.08 Å². The smallest absolute Gasteiger partial charge is 0.319 e. The zero-order valence-corrected chi connectivity index (χ0v) is 16.1. The lowest BCUT2D eigenvalue weighted by molar-refractivity contribution is 0.104. The number of nitrogens with two attached hydrogens (primary N) is 1. The van der Waals surface area contributed by atoms with Crippen LogP contribution in [-0.2, 0) is 4.74 Å². The molecular formula is C21H25N5O3. The zero-order valence-electron chi connectivity index (χ0n) is 16.1. The number of nitrogens with zero attached hydrogens (tertiary/aromatic N) is 2. The van der Waals surface area contributed by atoms with Crippen molar-refractivity contribution in [3.8, 4) is 0 Å². The molecule has 1 aliphatic heterocycles. The van der Waals surface area contributed by atoms with Crippen LogP contribution in [0.1, 0.15) is 16.1 Å². The number of nitrogens with one attached hydrogen (secondary N) is 2. The van der Waals surface area contributed by atoms with Gasteiger partial charge in [-0.2, -0.15) is 0 Å². The van der Waals surface area contributed by atoms with Crippen LogP contribution in [0.5, 0.6) is 0 Å². The highest BCUT2D eigenvalue weighted by molar-refractivity contribution is 6.07. The summed E-state index contributed by atoms with van der Waals surface area (Å²) >= 11 is 0. The quantitative estimate of drug-likeness (QED) is 0.488. The Balaban J connectivity index is 1.59. The van der Waals surface area contributed by atoms with E-state index >= 15 is 0 Å². The van der Waals surface area contributed by atoms with E-state index in [2.05, 4.69) is 20.5 Å². The fourth-order valence-electron chi connectivity index (χ4n) is 2.84. The molecule has 1 aliphatic rings. The van der Waals surface area contributed by atoms with Crippen LogP contribution in [0.15, 0.2) is 48.5 Å². The van der Waals surface area contributed by atoms with Gasteiger partial charge in [0.2, 0.25) is 0 Å². The van der Waals surface area contributed by atoms with Gasteiger partial charge in [0.05, 0.1) is 18.9 Å². The van der Waals surface area contributed by atoms with Crippen LogP contribution in [-0.4, -0.2) is 56.2 Å². The molecule has 0 atom stereocenters. The van der Waals surface area contributed by atoms with Gasteiger partial charge in [-0.1, -0.05) is 6.07 Å². The summed E-state index contributed by atoms with van der Waals surface area (Å²) in [5.74, 6) is 0.744. The average molecular weight is 395 g/mol. The first kappa shape index (κ1) is 20.5. The first-order valence-corrected chi connectivity index (χ1v) is 9.53. The Morgan fingerprint density at radius 1 is 1.14 bits per heavy atom. The van der Waals surface area contributed by atoms with Gasteiger partial charge in [0.1, 0.15) is 5.82 Å². The molecule has 1 aromatic heterocycles. The van der Waals surface area contributed by atoms with Gasteiger partial charge in [0.15, 0.2) is 5.78 Å². The molecule has 2 aromatic rings. The molecular weight excluding hydrogens is 370 g/mol. The third kappa shape index (κ3) is 6.13. The molecule has 29 heavy (non-hydrogen) atoms. The third-order valence-electron chi connectivity index (χ3n) is 4.35. The number of carbonyl (C=O) groups is 2. The summed E-state index contributed by atoms with van der Waals surface area (Å²) in [6.45, 7) is 3.78. The number of urea groups is 1. The van der Waals surface area contributed by atoms with Gasteiger partial charge in [-0.3, -0.25) is 4.79 Å². The van der Waals surface area contributed by atoms with Gasteiger partial charge in [-0.05, 0) is 48.6 Å². The summed E-state index contributed by atoms with van der Waals surface area (Å²) < 4.78 is 5.37. The Hall–Kier alpha value is -3.23. The lowest BCUT2D eigenvalue weighted by Gasteiger charge is -2.27. The van der Waals surface area contributed by atoms with Crippen LogP contribution >= 0.6 is 0 Å². The second-order valence-corrected chi connectivity index (χ2v) is 6.46. The van der Waals surface area contributed by atoms with Crippen LogP contribution in [0.4, 0.5) is 16.3 Å². The van der Waals surface area contributed by atoms with Crippen molar-refractivity contribution in [2.75, 3.05) is 49.6 Å². The van der Waals surface area contributed by atoms with Crippen molar-refractivity contribution in [2.45, 2.75) is 0 Å². The van der Waals surface area contributed by atoms with E-state index in [4.69, 9.17) is 10.5 Å². The maximum Gasteiger partial charge on any atom is 0.319 e. The number of allylic oxidation sites excluding steroid dienone is 1. The fourth-order valence-corrected chi connectivity index (χ4v) is 2.84. The molecule has 0 aliphatic carbocycles. The highest BCUT2D eigenvalue weighted by atomic mass is 16.5. The molecule has 1 fully saturated rings. The average Bonchev–Trinajstić information content (AvgIpc) is 2.77. The van der Waals surface area contributed by atoms with E-state index in [0.29, 0.717) is 37.6 Å². The van der Waals surface area contributed by atoms with Gasteiger partial charge in [-0.25, -0.2) is 9.78 Å². The van der Waals surface area contributed by atoms with E-state index in [0.717, 1.165) is 24.6 Å². The van der Waals surface area contributed by atoms with E-state index in [1.54, 1.807) is 30.3 Å². The molecule has 0 saturated carbocycles. The minimum atomic E-state index is -0.333. The molecule has 8 heteroatoms. The number of hydrogen-bond donors (Lipinski definition) is 3. The van der Waals surface area contributed by atoms with Crippen molar-refractivity contribution in [1.29, 1.82) is 0 Å². The fraction of sp³-hybridized carbons (Fsp3) is 0.286. The second-order valence-electron chi connectivity index (χ2n) is 6.46. The number of hydrogen-bond acceptors (Lipinski definition) is 6. The van der Waals surface area contributed by atoms with Crippen LogP contribution in [0.3, 0.4) is 0 Å². The minimum absolute atomic E-state index is 0.136. The van der Waals surface area contributed by atoms with Gasteiger partial charge in [0.25, 0.3) is 0 Å². The molecule has 2 amide bonds. The molecule has 152 valence electrons. The first-order valence-electron chi connectivity index (χ1n) is 9.53.